The first kappa shape index (κ1) is 19.2. The highest BCUT2D eigenvalue weighted by molar-refractivity contribution is 5.83. The van der Waals surface area contributed by atoms with Crippen LogP contribution in [0.2, 0.25) is 0 Å². The molecule has 0 bridgehead atoms. The minimum Gasteiger partial charge on any atom is -0.508 e. The maximum atomic E-state index is 11.4. The summed E-state index contributed by atoms with van der Waals surface area (Å²) in [7, 11) is 0. The Morgan fingerprint density at radius 2 is 1.00 bits per heavy atom. The second kappa shape index (κ2) is 8.84. The molecule has 2 unspecified atom stereocenters. The van der Waals surface area contributed by atoms with Crippen molar-refractivity contribution >= 4 is 11.9 Å². The van der Waals surface area contributed by atoms with Crippen LogP contribution in [0.1, 0.15) is 11.1 Å². The van der Waals surface area contributed by atoms with Crippen molar-refractivity contribution in [3.05, 3.63) is 59.7 Å². The summed E-state index contributed by atoms with van der Waals surface area (Å²) in [5, 5.41) is 37.1. The van der Waals surface area contributed by atoms with E-state index in [1.54, 1.807) is 0 Å². The standard InChI is InChI=1S/C18H18O8/c19-13-5-1-11(2-6-13)9-25-15(17(21)22)16(18(23)24)26-10-12-3-7-14(20)8-4-12/h1-8,15-16,19-20H,9-10H2,(H,21,22)(H,23,24). The van der Waals surface area contributed by atoms with Crippen molar-refractivity contribution in [3.63, 3.8) is 0 Å². The number of carboxylic acids is 2. The third-order valence-corrected chi connectivity index (χ3v) is 3.49. The normalized spacial score (nSPS) is 13.1. The zero-order valence-corrected chi connectivity index (χ0v) is 13.6. The highest BCUT2D eigenvalue weighted by Crippen LogP contribution is 2.16. The molecule has 0 aliphatic carbocycles. The fourth-order valence-electron chi connectivity index (χ4n) is 2.13. The maximum Gasteiger partial charge on any atom is 0.336 e. The lowest BCUT2D eigenvalue weighted by atomic mass is 10.1. The van der Waals surface area contributed by atoms with Gasteiger partial charge in [-0.2, -0.15) is 0 Å². The van der Waals surface area contributed by atoms with Crippen LogP contribution in [0.4, 0.5) is 0 Å². The van der Waals surface area contributed by atoms with E-state index in [4.69, 9.17) is 9.47 Å². The Balaban J connectivity index is 2.04. The van der Waals surface area contributed by atoms with Crippen LogP contribution in [-0.4, -0.2) is 44.6 Å². The van der Waals surface area contributed by atoms with Crippen molar-refractivity contribution in [3.8, 4) is 11.5 Å². The monoisotopic (exact) mass is 362 g/mol. The molecule has 0 spiro atoms. The molecule has 2 aromatic rings. The molecule has 0 saturated carbocycles. The second-order valence-electron chi connectivity index (χ2n) is 5.47. The van der Waals surface area contributed by atoms with Gasteiger partial charge >= 0.3 is 11.9 Å². The molecule has 2 atom stereocenters. The first-order valence-corrected chi connectivity index (χ1v) is 7.61. The molecule has 0 amide bonds. The van der Waals surface area contributed by atoms with Crippen LogP contribution in [0.15, 0.2) is 48.5 Å². The average molecular weight is 362 g/mol. The van der Waals surface area contributed by atoms with E-state index in [0.717, 1.165) is 0 Å². The van der Waals surface area contributed by atoms with Crippen LogP contribution in [0.3, 0.4) is 0 Å². The zero-order valence-electron chi connectivity index (χ0n) is 13.6. The smallest absolute Gasteiger partial charge is 0.336 e. The fourth-order valence-corrected chi connectivity index (χ4v) is 2.13. The highest BCUT2D eigenvalue weighted by atomic mass is 16.6. The van der Waals surface area contributed by atoms with Gasteiger partial charge in [0.25, 0.3) is 0 Å². The molecular weight excluding hydrogens is 344 g/mol. The molecule has 8 nitrogen and oxygen atoms in total. The molecule has 2 aromatic carbocycles. The highest BCUT2D eigenvalue weighted by Gasteiger charge is 2.36. The molecule has 0 radical (unpaired) electrons. The van der Waals surface area contributed by atoms with Crippen LogP contribution in [0.25, 0.3) is 0 Å². The molecule has 2 rings (SSSR count). The van der Waals surface area contributed by atoms with Crippen molar-refractivity contribution < 1.29 is 39.5 Å². The van der Waals surface area contributed by atoms with E-state index in [-0.39, 0.29) is 24.7 Å². The van der Waals surface area contributed by atoms with Crippen LogP contribution in [0, 0.1) is 0 Å². The summed E-state index contributed by atoms with van der Waals surface area (Å²) >= 11 is 0. The van der Waals surface area contributed by atoms with E-state index in [0.29, 0.717) is 11.1 Å². The molecule has 0 aliphatic heterocycles. The van der Waals surface area contributed by atoms with Crippen molar-refractivity contribution in [2.75, 3.05) is 0 Å². The summed E-state index contributed by atoms with van der Waals surface area (Å²) in [4.78, 5) is 22.9. The summed E-state index contributed by atoms with van der Waals surface area (Å²) in [6.07, 6.45) is -3.45. The summed E-state index contributed by atoms with van der Waals surface area (Å²) < 4.78 is 10.5. The second-order valence-corrected chi connectivity index (χ2v) is 5.47. The molecule has 4 N–H and O–H groups in total. The minimum absolute atomic E-state index is 0.0455. The van der Waals surface area contributed by atoms with Gasteiger partial charge in [-0.3, -0.25) is 0 Å². The van der Waals surface area contributed by atoms with Gasteiger partial charge in [-0.15, -0.1) is 0 Å². The van der Waals surface area contributed by atoms with Gasteiger partial charge in [-0.25, -0.2) is 9.59 Å². The quantitative estimate of drug-likeness (QED) is 0.530. The minimum atomic E-state index is -1.72. The lowest BCUT2D eigenvalue weighted by Gasteiger charge is -2.21. The predicted octanol–water partition coefficient (Wildman–Crippen LogP) is 1.74. The Kier molecular flexibility index (Phi) is 6.54. The Bertz CT molecular complexity index is 673. The Labute approximate surface area is 148 Å². The largest absolute Gasteiger partial charge is 0.508 e. The van der Waals surface area contributed by atoms with Crippen molar-refractivity contribution in [2.45, 2.75) is 25.4 Å². The summed E-state index contributed by atoms with van der Waals surface area (Å²) in [5.41, 5.74) is 1.13. The number of aliphatic carboxylic acids is 2. The van der Waals surface area contributed by atoms with Gasteiger partial charge in [0, 0.05) is 0 Å². The lowest BCUT2D eigenvalue weighted by Crippen LogP contribution is -2.43. The maximum absolute atomic E-state index is 11.4. The van der Waals surface area contributed by atoms with Crippen molar-refractivity contribution in [2.24, 2.45) is 0 Å². The fraction of sp³-hybridized carbons (Fsp3) is 0.222. The molecule has 0 heterocycles. The van der Waals surface area contributed by atoms with Gasteiger partial charge in [0.05, 0.1) is 13.2 Å². The topological polar surface area (TPSA) is 134 Å². The van der Waals surface area contributed by atoms with Gasteiger partial charge < -0.3 is 29.9 Å². The number of ether oxygens (including phenoxy) is 2. The first-order chi connectivity index (χ1) is 12.4. The third-order valence-electron chi connectivity index (χ3n) is 3.49. The van der Waals surface area contributed by atoms with Crippen LogP contribution < -0.4 is 0 Å². The van der Waals surface area contributed by atoms with Crippen LogP contribution in [0.5, 0.6) is 11.5 Å². The SMILES string of the molecule is O=C(O)C(OCc1ccc(O)cc1)C(OCc1ccc(O)cc1)C(=O)O. The van der Waals surface area contributed by atoms with E-state index in [1.165, 1.54) is 48.5 Å². The van der Waals surface area contributed by atoms with Crippen molar-refractivity contribution in [1.29, 1.82) is 0 Å². The summed E-state index contributed by atoms with van der Waals surface area (Å²) in [5.74, 6) is -2.85. The predicted molar refractivity (Wildman–Crippen MR) is 88.6 cm³/mol. The number of carboxylic acid groups (broad SMARTS) is 2. The molecule has 8 heteroatoms. The van der Waals surface area contributed by atoms with E-state index in [1.807, 2.05) is 0 Å². The Hall–Kier alpha value is -3.10. The first-order valence-electron chi connectivity index (χ1n) is 7.61. The molecule has 0 aromatic heterocycles. The zero-order chi connectivity index (χ0) is 19.1. The van der Waals surface area contributed by atoms with Gasteiger partial charge in [0.15, 0.2) is 12.2 Å². The molecular formula is C18H18O8. The van der Waals surface area contributed by atoms with Gasteiger partial charge in [-0.1, -0.05) is 24.3 Å². The number of hydrogen-bond donors (Lipinski definition) is 4. The Morgan fingerprint density at radius 1 is 0.692 bits per heavy atom. The van der Waals surface area contributed by atoms with Crippen LogP contribution >= 0.6 is 0 Å². The lowest BCUT2D eigenvalue weighted by molar-refractivity contribution is -0.179. The molecule has 0 saturated heterocycles. The molecule has 0 aliphatic rings. The van der Waals surface area contributed by atoms with Gasteiger partial charge in [-0.05, 0) is 35.4 Å². The number of rotatable bonds is 9. The third kappa shape index (κ3) is 5.47. The number of benzene rings is 2. The number of phenols is 2. The number of carbonyl (C=O) groups is 2. The summed E-state index contributed by atoms with van der Waals surface area (Å²) in [6, 6.07) is 11.7. The van der Waals surface area contributed by atoms with E-state index in [9.17, 15) is 30.0 Å². The number of phenolic OH excluding ortho intramolecular Hbond substituents is 2. The average Bonchev–Trinajstić information content (AvgIpc) is 2.60. The van der Waals surface area contributed by atoms with E-state index < -0.39 is 24.1 Å². The van der Waals surface area contributed by atoms with Gasteiger partial charge in [0.2, 0.25) is 0 Å². The van der Waals surface area contributed by atoms with Crippen LogP contribution in [-0.2, 0) is 32.3 Å². The van der Waals surface area contributed by atoms with Gasteiger partial charge in [0.1, 0.15) is 11.5 Å². The van der Waals surface area contributed by atoms with E-state index >= 15 is 0 Å². The van der Waals surface area contributed by atoms with E-state index in [2.05, 4.69) is 0 Å². The molecule has 26 heavy (non-hydrogen) atoms. The molecule has 0 fully saturated rings. The van der Waals surface area contributed by atoms with Crippen molar-refractivity contribution in [1.82, 2.24) is 0 Å². The molecule has 138 valence electrons. The number of hydrogen-bond acceptors (Lipinski definition) is 6. The Morgan fingerprint density at radius 3 is 1.27 bits per heavy atom. The number of aromatic hydroxyl groups is 2. The summed E-state index contributed by atoms with van der Waals surface area (Å²) in [6.45, 7) is -0.326.